The number of aromatic nitrogens is 3. The van der Waals surface area contributed by atoms with E-state index in [1.807, 2.05) is 23.1 Å². The zero-order valence-corrected chi connectivity index (χ0v) is 14.8. The Morgan fingerprint density at radius 3 is 3.00 bits per heavy atom. The number of hydrogen-bond acceptors (Lipinski definition) is 5. The third-order valence-electron chi connectivity index (χ3n) is 5.10. The van der Waals surface area contributed by atoms with Crippen molar-refractivity contribution in [3.63, 3.8) is 0 Å². The minimum atomic E-state index is -0.0153. The number of pyridine rings is 1. The Morgan fingerprint density at radius 2 is 2.24 bits per heavy atom. The second kappa shape index (κ2) is 7.23. The van der Waals surface area contributed by atoms with Crippen LogP contribution in [0.4, 0.5) is 0 Å². The van der Waals surface area contributed by atoms with Crippen molar-refractivity contribution < 1.29 is 9.47 Å². The molecule has 0 unspecified atom stereocenters. The van der Waals surface area contributed by atoms with Gasteiger partial charge in [-0.15, -0.1) is 0 Å². The van der Waals surface area contributed by atoms with Crippen molar-refractivity contribution in [2.75, 3.05) is 19.7 Å². The molecule has 2 aliphatic rings. The van der Waals surface area contributed by atoms with Gasteiger partial charge >= 0.3 is 0 Å². The zero-order valence-electron chi connectivity index (χ0n) is 14.8. The number of aryl methyl sites for hydroxylation is 1. The molecular weight excluding hydrogens is 316 g/mol. The van der Waals surface area contributed by atoms with Crippen molar-refractivity contribution in [3.05, 3.63) is 48.0 Å². The lowest BCUT2D eigenvalue weighted by Gasteiger charge is -2.53. The summed E-state index contributed by atoms with van der Waals surface area (Å²) in [7, 11) is 0. The largest absolute Gasteiger partial charge is 0.373 e. The van der Waals surface area contributed by atoms with E-state index in [1.165, 1.54) is 5.56 Å². The highest BCUT2D eigenvalue weighted by atomic mass is 16.5. The maximum Gasteiger partial charge on any atom is 0.0959 e. The normalized spacial score (nSPS) is 22.8. The molecule has 1 atom stereocenters. The van der Waals surface area contributed by atoms with Crippen LogP contribution in [-0.4, -0.2) is 51.1 Å². The molecule has 25 heavy (non-hydrogen) atoms. The molecule has 0 radical (unpaired) electrons. The van der Waals surface area contributed by atoms with Gasteiger partial charge in [-0.25, -0.2) is 0 Å². The van der Waals surface area contributed by atoms with Gasteiger partial charge in [-0.1, -0.05) is 6.07 Å². The molecule has 2 aliphatic heterocycles. The first kappa shape index (κ1) is 16.7. The predicted octanol–water partition coefficient (Wildman–Crippen LogP) is 2.25. The Morgan fingerprint density at radius 1 is 1.32 bits per heavy atom. The van der Waals surface area contributed by atoms with Gasteiger partial charge in [0, 0.05) is 63.4 Å². The molecule has 2 aromatic rings. The molecule has 2 aromatic heterocycles. The number of rotatable bonds is 6. The second-order valence-corrected chi connectivity index (χ2v) is 7.17. The van der Waals surface area contributed by atoms with Crippen molar-refractivity contribution in [2.24, 2.45) is 0 Å². The molecule has 1 spiro atoms. The third kappa shape index (κ3) is 3.92. The highest BCUT2D eigenvalue weighted by molar-refractivity contribution is 5.09. The molecule has 134 valence electrons. The van der Waals surface area contributed by atoms with Crippen LogP contribution in [0.5, 0.6) is 0 Å². The van der Waals surface area contributed by atoms with E-state index in [9.17, 15) is 0 Å². The van der Waals surface area contributed by atoms with Gasteiger partial charge in [-0.2, -0.15) is 5.10 Å². The summed E-state index contributed by atoms with van der Waals surface area (Å²) >= 11 is 0. The number of ether oxygens (including phenoxy) is 2. The summed E-state index contributed by atoms with van der Waals surface area (Å²) in [6, 6.07) is 4.01. The van der Waals surface area contributed by atoms with Gasteiger partial charge < -0.3 is 9.47 Å². The third-order valence-corrected chi connectivity index (χ3v) is 5.10. The summed E-state index contributed by atoms with van der Waals surface area (Å²) in [6.07, 6.45) is 10.0. The minimum absolute atomic E-state index is 0.0153. The number of nitrogens with zero attached hydrogens (tertiary/aromatic N) is 4. The molecule has 0 bridgehead atoms. The first-order valence-corrected chi connectivity index (χ1v) is 9.13. The van der Waals surface area contributed by atoms with E-state index in [0.29, 0.717) is 6.61 Å². The Hall–Kier alpha value is -1.76. The van der Waals surface area contributed by atoms with Gasteiger partial charge in [0.2, 0.25) is 0 Å². The monoisotopic (exact) mass is 342 g/mol. The zero-order chi connectivity index (χ0) is 17.1. The highest BCUT2D eigenvalue weighted by Gasteiger charge is 2.47. The molecule has 2 fully saturated rings. The Bertz CT molecular complexity index is 682. The fourth-order valence-electron chi connectivity index (χ4n) is 3.84. The lowest BCUT2D eigenvalue weighted by atomic mass is 9.84. The molecule has 0 N–H and O–H groups in total. The first-order valence-electron chi connectivity index (χ1n) is 9.13. The molecule has 4 rings (SSSR count). The molecule has 6 nitrogen and oxygen atoms in total. The lowest BCUT2D eigenvalue weighted by molar-refractivity contribution is -0.200. The van der Waals surface area contributed by atoms with E-state index in [0.717, 1.165) is 51.2 Å². The van der Waals surface area contributed by atoms with Crippen LogP contribution in [0.25, 0.3) is 0 Å². The van der Waals surface area contributed by atoms with Crippen LogP contribution in [0.2, 0.25) is 0 Å². The van der Waals surface area contributed by atoms with Gasteiger partial charge in [-0.3, -0.25) is 14.6 Å². The second-order valence-electron chi connectivity index (χ2n) is 7.17. The SMILES string of the molecule is CCn1cc(CN2CC3(C[C@@H](OCc4cccnc4)CCO3)C2)cn1. The lowest BCUT2D eigenvalue weighted by Crippen LogP contribution is -2.65. The average molecular weight is 342 g/mol. The van der Waals surface area contributed by atoms with Crippen molar-refractivity contribution >= 4 is 0 Å². The van der Waals surface area contributed by atoms with Crippen molar-refractivity contribution in [1.82, 2.24) is 19.7 Å². The van der Waals surface area contributed by atoms with Crippen LogP contribution in [0.3, 0.4) is 0 Å². The van der Waals surface area contributed by atoms with Gasteiger partial charge in [-0.05, 0) is 25.0 Å². The molecular formula is C19H26N4O2. The molecule has 0 aliphatic carbocycles. The standard InChI is InChI=1S/C19H26N4O2/c1-2-23-12-17(10-21-23)11-22-14-19(15-22)8-18(5-7-25-19)24-13-16-4-3-6-20-9-16/h3-4,6,9-10,12,18H,2,5,7-8,11,13-15H2,1H3/t18-/m0/s1. The van der Waals surface area contributed by atoms with Crippen LogP contribution in [-0.2, 0) is 29.2 Å². The summed E-state index contributed by atoms with van der Waals surface area (Å²) in [5.74, 6) is 0. The maximum atomic E-state index is 6.12. The van der Waals surface area contributed by atoms with Gasteiger partial charge in [0.25, 0.3) is 0 Å². The highest BCUT2D eigenvalue weighted by Crippen LogP contribution is 2.36. The predicted molar refractivity (Wildman–Crippen MR) is 93.9 cm³/mol. The minimum Gasteiger partial charge on any atom is -0.373 e. The molecule has 4 heterocycles. The Balaban J connectivity index is 1.26. The summed E-state index contributed by atoms with van der Waals surface area (Å²) in [6.45, 7) is 7.37. The van der Waals surface area contributed by atoms with Crippen molar-refractivity contribution in [2.45, 2.75) is 51.2 Å². The fraction of sp³-hybridized carbons (Fsp3) is 0.579. The van der Waals surface area contributed by atoms with Crippen LogP contribution < -0.4 is 0 Å². The topological polar surface area (TPSA) is 52.4 Å². The van der Waals surface area contributed by atoms with Crippen molar-refractivity contribution in [3.8, 4) is 0 Å². The van der Waals surface area contributed by atoms with Crippen LogP contribution in [0.15, 0.2) is 36.9 Å². The Labute approximate surface area is 148 Å². The van der Waals surface area contributed by atoms with Crippen LogP contribution in [0.1, 0.15) is 30.9 Å². The van der Waals surface area contributed by atoms with Gasteiger partial charge in [0.05, 0.1) is 24.5 Å². The number of likely N-dealkylation sites (tertiary alicyclic amines) is 1. The van der Waals surface area contributed by atoms with E-state index in [1.54, 1.807) is 6.20 Å². The van der Waals surface area contributed by atoms with Crippen molar-refractivity contribution in [1.29, 1.82) is 0 Å². The summed E-state index contributed by atoms with van der Waals surface area (Å²) < 4.78 is 14.2. The molecule has 6 heteroatoms. The average Bonchev–Trinajstić information content (AvgIpc) is 3.08. The van der Waals surface area contributed by atoms with E-state index in [4.69, 9.17) is 9.47 Å². The molecule has 0 saturated carbocycles. The molecule has 0 aromatic carbocycles. The fourth-order valence-corrected chi connectivity index (χ4v) is 3.84. The summed E-state index contributed by atoms with van der Waals surface area (Å²) in [5, 5.41) is 4.35. The summed E-state index contributed by atoms with van der Waals surface area (Å²) in [5.41, 5.74) is 2.39. The van der Waals surface area contributed by atoms with E-state index in [2.05, 4.69) is 34.2 Å². The summed E-state index contributed by atoms with van der Waals surface area (Å²) in [4.78, 5) is 6.57. The first-order chi connectivity index (χ1) is 12.2. The Kier molecular flexibility index (Phi) is 4.83. The quantitative estimate of drug-likeness (QED) is 0.806. The number of hydrogen-bond donors (Lipinski definition) is 0. The maximum absolute atomic E-state index is 6.12. The van der Waals surface area contributed by atoms with Crippen LogP contribution in [0, 0.1) is 0 Å². The van der Waals surface area contributed by atoms with E-state index < -0.39 is 0 Å². The molecule has 0 amide bonds. The molecule has 2 saturated heterocycles. The smallest absolute Gasteiger partial charge is 0.0959 e. The van der Waals surface area contributed by atoms with E-state index in [-0.39, 0.29) is 11.7 Å². The van der Waals surface area contributed by atoms with Gasteiger partial charge in [0.15, 0.2) is 0 Å². The van der Waals surface area contributed by atoms with Gasteiger partial charge in [0.1, 0.15) is 0 Å². The van der Waals surface area contributed by atoms with Crippen LogP contribution >= 0.6 is 0 Å². The van der Waals surface area contributed by atoms with E-state index >= 15 is 0 Å².